The number of Topliss-reactive ketones (excluding diaryl/α,β-unsaturated/α-hetero) is 1. The van der Waals surface area contributed by atoms with Crippen molar-refractivity contribution in [3.8, 4) is 0 Å². The molecule has 1 N–H and O–H groups in total. The fraction of sp³-hybridized carbons (Fsp3) is 0.500. The van der Waals surface area contributed by atoms with Gasteiger partial charge < -0.3 is 0 Å². The Balaban J connectivity index is 1.87. The molecule has 2 rings (SSSR count). The Hall–Kier alpha value is -1.35. The lowest BCUT2D eigenvalue weighted by Gasteiger charge is -2.33. The van der Waals surface area contributed by atoms with Crippen LogP contribution in [0.5, 0.6) is 0 Å². The van der Waals surface area contributed by atoms with Crippen molar-refractivity contribution in [1.82, 2.24) is 13.9 Å². The van der Waals surface area contributed by atoms with Gasteiger partial charge in [0.15, 0.2) is 5.78 Å². The van der Waals surface area contributed by atoms with Crippen LogP contribution in [-0.4, -0.2) is 62.7 Å². The molecule has 6 nitrogen and oxygen atoms in total. The van der Waals surface area contributed by atoms with Crippen LogP contribution in [0.4, 0.5) is 4.39 Å². The summed E-state index contributed by atoms with van der Waals surface area (Å²) in [6.07, 6.45) is 0. The summed E-state index contributed by atoms with van der Waals surface area (Å²) in [7, 11) is -3.41. The van der Waals surface area contributed by atoms with E-state index < -0.39 is 10.2 Å². The standard InChI is InChI=1S/C14H20FN3O3S/c1-2-16-22(20,21)18-9-7-17(8-10-18)11-14(19)12-3-5-13(15)6-4-12/h3-6,16H,2,7-11H2,1H3. The van der Waals surface area contributed by atoms with E-state index in [1.807, 2.05) is 4.90 Å². The molecule has 0 spiro atoms. The van der Waals surface area contributed by atoms with Gasteiger partial charge in [0.05, 0.1) is 6.54 Å². The van der Waals surface area contributed by atoms with E-state index in [1.165, 1.54) is 28.6 Å². The lowest BCUT2D eigenvalue weighted by molar-refractivity contribution is 0.0901. The quantitative estimate of drug-likeness (QED) is 0.771. The van der Waals surface area contributed by atoms with Gasteiger partial charge in [0.25, 0.3) is 10.2 Å². The fourth-order valence-corrected chi connectivity index (χ4v) is 3.52. The van der Waals surface area contributed by atoms with Crippen molar-refractivity contribution < 1.29 is 17.6 Å². The van der Waals surface area contributed by atoms with Gasteiger partial charge in [-0.3, -0.25) is 9.69 Å². The first-order valence-electron chi connectivity index (χ1n) is 7.18. The van der Waals surface area contributed by atoms with Gasteiger partial charge >= 0.3 is 0 Å². The van der Waals surface area contributed by atoms with Crippen LogP contribution in [0, 0.1) is 5.82 Å². The van der Waals surface area contributed by atoms with Crippen LogP contribution < -0.4 is 4.72 Å². The summed E-state index contributed by atoms with van der Waals surface area (Å²) in [5.41, 5.74) is 0.462. The van der Waals surface area contributed by atoms with Gasteiger partial charge in [0, 0.05) is 38.3 Å². The zero-order valence-electron chi connectivity index (χ0n) is 12.5. The first-order chi connectivity index (χ1) is 10.4. The van der Waals surface area contributed by atoms with Crippen molar-refractivity contribution in [2.24, 2.45) is 0 Å². The molecule has 0 radical (unpaired) electrons. The number of benzene rings is 1. The second kappa shape index (κ2) is 7.28. The van der Waals surface area contributed by atoms with Gasteiger partial charge in [-0.05, 0) is 24.3 Å². The minimum atomic E-state index is -3.41. The third-order valence-corrected chi connectivity index (χ3v) is 5.23. The summed E-state index contributed by atoms with van der Waals surface area (Å²) in [6.45, 7) is 3.99. The van der Waals surface area contributed by atoms with Crippen LogP contribution in [0.15, 0.2) is 24.3 Å². The Morgan fingerprint density at radius 3 is 2.32 bits per heavy atom. The van der Waals surface area contributed by atoms with Crippen molar-refractivity contribution in [3.63, 3.8) is 0 Å². The van der Waals surface area contributed by atoms with E-state index >= 15 is 0 Å². The molecule has 22 heavy (non-hydrogen) atoms. The Labute approximate surface area is 130 Å². The van der Waals surface area contributed by atoms with Gasteiger partial charge in [-0.15, -0.1) is 0 Å². The zero-order valence-corrected chi connectivity index (χ0v) is 13.3. The molecule has 1 aliphatic rings. The molecule has 1 aromatic rings. The summed E-state index contributed by atoms with van der Waals surface area (Å²) in [5, 5.41) is 0. The van der Waals surface area contributed by atoms with Crippen molar-refractivity contribution in [2.45, 2.75) is 6.92 Å². The summed E-state index contributed by atoms with van der Waals surface area (Å²) in [4.78, 5) is 14.0. The van der Waals surface area contributed by atoms with Crippen LogP contribution in [0.1, 0.15) is 17.3 Å². The minimum Gasteiger partial charge on any atom is -0.293 e. The topological polar surface area (TPSA) is 69.7 Å². The van der Waals surface area contributed by atoms with Crippen LogP contribution in [-0.2, 0) is 10.2 Å². The number of piperazine rings is 1. The Morgan fingerprint density at radius 1 is 1.18 bits per heavy atom. The number of rotatable bonds is 6. The van der Waals surface area contributed by atoms with E-state index in [9.17, 15) is 17.6 Å². The summed E-state index contributed by atoms with van der Waals surface area (Å²) in [6, 6.07) is 5.44. The third-order valence-electron chi connectivity index (χ3n) is 3.53. The summed E-state index contributed by atoms with van der Waals surface area (Å²) < 4.78 is 40.4. The minimum absolute atomic E-state index is 0.0945. The largest absolute Gasteiger partial charge is 0.293 e. The van der Waals surface area contributed by atoms with E-state index in [1.54, 1.807) is 6.92 Å². The van der Waals surface area contributed by atoms with E-state index in [2.05, 4.69) is 4.72 Å². The molecule has 0 amide bonds. The highest BCUT2D eigenvalue weighted by Crippen LogP contribution is 2.09. The van der Waals surface area contributed by atoms with Crippen molar-refractivity contribution in [2.75, 3.05) is 39.3 Å². The highest BCUT2D eigenvalue weighted by atomic mass is 32.2. The molecule has 0 aromatic heterocycles. The molecule has 0 saturated carbocycles. The smallest absolute Gasteiger partial charge is 0.279 e. The molecule has 1 heterocycles. The molecule has 0 atom stereocenters. The first-order valence-corrected chi connectivity index (χ1v) is 8.62. The molecular weight excluding hydrogens is 309 g/mol. The van der Waals surface area contributed by atoms with Crippen LogP contribution >= 0.6 is 0 Å². The zero-order chi connectivity index (χ0) is 16.2. The normalized spacial score (nSPS) is 17.5. The maximum absolute atomic E-state index is 12.8. The van der Waals surface area contributed by atoms with E-state index in [-0.39, 0.29) is 18.1 Å². The number of hydrogen-bond acceptors (Lipinski definition) is 4. The van der Waals surface area contributed by atoms with Crippen LogP contribution in [0.3, 0.4) is 0 Å². The predicted molar refractivity (Wildman–Crippen MR) is 81.3 cm³/mol. The van der Waals surface area contributed by atoms with Gasteiger partial charge in [0.2, 0.25) is 0 Å². The van der Waals surface area contributed by atoms with E-state index in [0.717, 1.165) is 0 Å². The molecule has 1 saturated heterocycles. The molecular formula is C14H20FN3O3S. The van der Waals surface area contributed by atoms with Crippen molar-refractivity contribution >= 4 is 16.0 Å². The maximum atomic E-state index is 12.8. The number of nitrogens with zero attached hydrogens (tertiary/aromatic N) is 2. The summed E-state index contributed by atoms with van der Waals surface area (Å²) >= 11 is 0. The van der Waals surface area contributed by atoms with Crippen molar-refractivity contribution in [1.29, 1.82) is 0 Å². The molecule has 8 heteroatoms. The fourth-order valence-electron chi connectivity index (χ4n) is 2.33. The monoisotopic (exact) mass is 329 g/mol. The second-order valence-corrected chi connectivity index (χ2v) is 6.86. The Kier molecular flexibility index (Phi) is 5.63. The number of carbonyl (C=O) groups excluding carboxylic acids is 1. The third kappa shape index (κ3) is 4.33. The Bertz CT molecular complexity index is 611. The van der Waals surface area contributed by atoms with Crippen LogP contribution in [0.25, 0.3) is 0 Å². The maximum Gasteiger partial charge on any atom is 0.279 e. The molecule has 1 aromatic carbocycles. The number of hydrogen-bond donors (Lipinski definition) is 1. The average molecular weight is 329 g/mol. The van der Waals surface area contributed by atoms with Gasteiger partial charge in [-0.1, -0.05) is 6.92 Å². The molecule has 1 fully saturated rings. The molecule has 0 bridgehead atoms. The molecule has 0 unspecified atom stereocenters. The number of nitrogens with one attached hydrogen (secondary N) is 1. The lowest BCUT2D eigenvalue weighted by Crippen LogP contribution is -2.52. The second-order valence-electron chi connectivity index (χ2n) is 5.11. The molecule has 122 valence electrons. The SMILES string of the molecule is CCNS(=O)(=O)N1CCN(CC(=O)c2ccc(F)cc2)CC1. The lowest BCUT2D eigenvalue weighted by atomic mass is 10.1. The van der Waals surface area contributed by atoms with Gasteiger partial charge in [-0.25, -0.2) is 9.11 Å². The van der Waals surface area contributed by atoms with Crippen LogP contribution in [0.2, 0.25) is 0 Å². The highest BCUT2D eigenvalue weighted by molar-refractivity contribution is 7.87. The van der Waals surface area contributed by atoms with E-state index in [0.29, 0.717) is 38.3 Å². The Morgan fingerprint density at radius 2 is 1.77 bits per heavy atom. The molecule has 0 aliphatic carbocycles. The number of ketones is 1. The van der Waals surface area contributed by atoms with E-state index in [4.69, 9.17) is 0 Å². The first kappa shape index (κ1) is 17.0. The van der Waals surface area contributed by atoms with Gasteiger partial charge in [-0.2, -0.15) is 12.7 Å². The molecule has 1 aliphatic heterocycles. The predicted octanol–water partition coefficient (Wildman–Crippen LogP) is 0.480. The number of halogens is 1. The summed E-state index contributed by atoms with van der Waals surface area (Å²) in [5.74, 6) is -0.471. The van der Waals surface area contributed by atoms with Gasteiger partial charge in [0.1, 0.15) is 5.82 Å². The highest BCUT2D eigenvalue weighted by Gasteiger charge is 2.26. The average Bonchev–Trinajstić information content (AvgIpc) is 2.48. The van der Waals surface area contributed by atoms with Crippen molar-refractivity contribution in [3.05, 3.63) is 35.6 Å². The number of carbonyl (C=O) groups is 1.